The van der Waals surface area contributed by atoms with Crippen molar-refractivity contribution in [2.24, 2.45) is 0 Å². The van der Waals surface area contributed by atoms with Crippen molar-refractivity contribution >= 4 is 16.8 Å². The van der Waals surface area contributed by atoms with Crippen molar-refractivity contribution in [1.82, 2.24) is 10.3 Å². The van der Waals surface area contributed by atoms with Crippen LogP contribution in [0.15, 0.2) is 73.4 Å². The number of carbonyl (C=O) groups is 1. The number of amides is 1. The van der Waals surface area contributed by atoms with Crippen LogP contribution in [0.25, 0.3) is 22.0 Å². The van der Waals surface area contributed by atoms with E-state index in [1.807, 2.05) is 60.8 Å². The van der Waals surface area contributed by atoms with Gasteiger partial charge in [-0.1, -0.05) is 36.9 Å². The lowest BCUT2D eigenvalue weighted by molar-refractivity contribution is 0.0912. The van der Waals surface area contributed by atoms with Crippen molar-refractivity contribution in [2.45, 2.75) is 25.0 Å². The Bertz CT molecular complexity index is 1460. The van der Waals surface area contributed by atoms with E-state index < -0.39 is 6.04 Å². The zero-order valence-electron chi connectivity index (χ0n) is 20.9. The van der Waals surface area contributed by atoms with Gasteiger partial charge in [0.1, 0.15) is 11.9 Å². The number of nitrogens with one attached hydrogen (secondary N) is 2. The number of carbonyl (C=O) groups excluding carboxylic acids is 1. The van der Waals surface area contributed by atoms with E-state index in [0.29, 0.717) is 35.7 Å². The number of H-pyrrole nitrogens is 1. The van der Waals surface area contributed by atoms with Crippen LogP contribution < -0.4 is 19.5 Å². The maximum atomic E-state index is 13.6. The van der Waals surface area contributed by atoms with Gasteiger partial charge in [-0.3, -0.25) is 4.79 Å². The Kier molecular flexibility index (Phi) is 6.88. The number of para-hydroxylation sites is 1. The number of aromatic amines is 1. The summed E-state index contributed by atoms with van der Waals surface area (Å²) in [6.07, 6.45) is 4.57. The summed E-state index contributed by atoms with van der Waals surface area (Å²) in [5, 5.41) is 14.2. The van der Waals surface area contributed by atoms with Crippen LogP contribution in [-0.2, 0) is 12.8 Å². The Morgan fingerprint density at radius 2 is 1.97 bits per heavy atom. The Morgan fingerprint density at radius 1 is 1.16 bits per heavy atom. The third-order valence-corrected chi connectivity index (χ3v) is 6.78. The van der Waals surface area contributed by atoms with Crippen LogP contribution in [0.1, 0.15) is 21.5 Å². The average molecular weight is 499 g/mol. The van der Waals surface area contributed by atoms with Crippen LogP contribution >= 0.6 is 0 Å². The molecule has 0 radical (unpaired) electrons. The average Bonchev–Trinajstić information content (AvgIpc) is 3.55. The topological polar surface area (TPSA) is 92.8 Å². The highest BCUT2D eigenvalue weighted by Gasteiger charge is 2.28. The molecule has 0 saturated heterocycles. The lowest BCUT2D eigenvalue weighted by Gasteiger charge is -2.18. The number of benzene rings is 3. The molecule has 2 heterocycles. The first-order chi connectivity index (χ1) is 18.0. The minimum Gasteiger partial charge on any atom is -0.493 e. The van der Waals surface area contributed by atoms with Gasteiger partial charge in [-0.05, 0) is 59.0 Å². The van der Waals surface area contributed by atoms with Gasteiger partial charge in [-0.25, -0.2) is 0 Å². The molecule has 2 atom stereocenters. The van der Waals surface area contributed by atoms with Gasteiger partial charge >= 0.3 is 0 Å². The molecule has 37 heavy (non-hydrogen) atoms. The quantitative estimate of drug-likeness (QED) is 0.292. The van der Waals surface area contributed by atoms with E-state index >= 15 is 0 Å². The molecule has 0 fully saturated rings. The molecule has 0 bridgehead atoms. The lowest BCUT2D eigenvalue weighted by atomic mass is 9.96. The van der Waals surface area contributed by atoms with Crippen LogP contribution in [0.5, 0.6) is 17.2 Å². The molecule has 1 aromatic heterocycles. The molecule has 7 nitrogen and oxygen atoms in total. The molecular formula is C30H30N2O5. The molecule has 1 aliphatic heterocycles. The third kappa shape index (κ3) is 4.78. The molecule has 5 rings (SSSR count). The van der Waals surface area contributed by atoms with E-state index in [4.69, 9.17) is 14.2 Å². The summed E-state index contributed by atoms with van der Waals surface area (Å²) in [4.78, 5) is 16.8. The van der Waals surface area contributed by atoms with Crippen LogP contribution in [0.3, 0.4) is 0 Å². The Labute approximate surface area is 215 Å². The molecule has 3 aromatic carbocycles. The summed E-state index contributed by atoms with van der Waals surface area (Å²) >= 11 is 0. The first-order valence-corrected chi connectivity index (χ1v) is 12.2. The number of rotatable bonds is 9. The minimum absolute atomic E-state index is 0.195. The third-order valence-electron chi connectivity index (χ3n) is 6.78. The fraction of sp³-hybridized carbons (Fsp3) is 0.233. The Morgan fingerprint density at radius 3 is 2.73 bits per heavy atom. The lowest BCUT2D eigenvalue weighted by Crippen LogP contribution is -2.39. The molecular weight excluding hydrogens is 468 g/mol. The molecule has 190 valence electrons. The number of fused-ring (bicyclic) bond motifs is 2. The molecule has 1 aliphatic rings. The fourth-order valence-corrected chi connectivity index (χ4v) is 4.86. The number of ether oxygens (including phenoxy) is 3. The second kappa shape index (κ2) is 10.4. The maximum absolute atomic E-state index is 13.6. The Balaban J connectivity index is 1.47. The smallest absolute Gasteiger partial charge is 0.255 e. The number of aliphatic hydroxyl groups is 1. The normalized spacial score (nSPS) is 15.1. The van der Waals surface area contributed by atoms with Crippen molar-refractivity contribution in [1.29, 1.82) is 0 Å². The van der Waals surface area contributed by atoms with Crippen LogP contribution in [0.2, 0.25) is 0 Å². The largest absolute Gasteiger partial charge is 0.493 e. The highest BCUT2D eigenvalue weighted by molar-refractivity contribution is 5.99. The summed E-state index contributed by atoms with van der Waals surface area (Å²) in [5.74, 6) is 1.48. The van der Waals surface area contributed by atoms with E-state index in [2.05, 4.69) is 16.9 Å². The predicted molar refractivity (Wildman–Crippen MR) is 144 cm³/mol. The monoisotopic (exact) mass is 498 g/mol. The van der Waals surface area contributed by atoms with Gasteiger partial charge in [-0.2, -0.15) is 0 Å². The minimum atomic E-state index is -0.469. The molecule has 0 aliphatic carbocycles. The van der Waals surface area contributed by atoms with E-state index in [-0.39, 0.29) is 18.6 Å². The highest BCUT2D eigenvalue weighted by Crippen LogP contribution is 2.39. The molecule has 1 amide bonds. The first-order valence-electron chi connectivity index (χ1n) is 12.2. The van der Waals surface area contributed by atoms with Gasteiger partial charge in [0.15, 0.2) is 11.5 Å². The highest BCUT2D eigenvalue weighted by atomic mass is 16.5. The van der Waals surface area contributed by atoms with Crippen molar-refractivity contribution in [2.75, 3.05) is 20.8 Å². The second-order valence-electron chi connectivity index (χ2n) is 9.09. The summed E-state index contributed by atoms with van der Waals surface area (Å²) in [5.41, 5.74) is 5.14. The van der Waals surface area contributed by atoms with E-state index in [1.54, 1.807) is 20.3 Å². The zero-order valence-corrected chi connectivity index (χ0v) is 20.9. The van der Waals surface area contributed by atoms with Gasteiger partial charge in [-0.15, -0.1) is 0 Å². The van der Waals surface area contributed by atoms with E-state index in [1.165, 1.54) is 0 Å². The van der Waals surface area contributed by atoms with Crippen LogP contribution in [0, 0.1) is 0 Å². The van der Waals surface area contributed by atoms with Gasteiger partial charge in [0.2, 0.25) is 0 Å². The predicted octanol–water partition coefficient (Wildman–Crippen LogP) is 4.68. The molecule has 1 unspecified atom stereocenters. The number of hydrogen-bond acceptors (Lipinski definition) is 5. The summed E-state index contributed by atoms with van der Waals surface area (Å²) in [6, 6.07) is 17.0. The van der Waals surface area contributed by atoms with Crippen LogP contribution in [0.4, 0.5) is 0 Å². The summed E-state index contributed by atoms with van der Waals surface area (Å²) < 4.78 is 16.9. The number of methoxy groups -OCH3 is 2. The Hall–Kier alpha value is -4.23. The first kappa shape index (κ1) is 24.5. The van der Waals surface area contributed by atoms with Crippen molar-refractivity contribution in [3.8, 4) is 28.4 Å². The summed E-state index contributed by atoms with van der Waals surface area (Å²) in [7, 11) is 3.18. The summed E-state index contributed by atoms with van der Waals surface area (Å²) in [6.45, 7) is 3.66. The van der Waals surface area contributed by atoms with Crippen molar-refractivity contribution < 1.29 is 24.1 Å². The van der Waals surface area contributed by atoms with Crippen LogP contribution in [-0.4, -0.2) is 49.0 Å². The molecule has 0 spiro atoms. The maximum Gasteiger partial charge on any atom is 0.255 e. The molecule has 4 aromatic rings. The SMILES string of the molecule is C=CC1Cc2cc(-c3ccc(OC)c(OC)c3)cc(C(=O)N[C@@H](CO)Cc3c[nH]c4ccccc34)c2O1. The van der Waals surface area contributed by atoms with Crippen molar-refractivity contribution in [3.05, 3.63) is 90.1 Å². The number of hydrogen-bond donors (Lipinski definition) is 3. The molecule has 3 N–H and O–H groups in total. The number of aliphatic hydroxyl groups excluding tert-OH is 1. The molecule has 0 saturated carbocycles. The molecule has 7 heteroatoms. The van der Waals surface area contributed by atoms with Crippen molar-refractivity contribution in [3.63, 3.8) is 0 Å². The van der Waals surface area contributed by atoms with E-state index in [0.717, 1.165) is 33.2 Å². The number of aromatic nitrogens is 1. The van der Waals surface area contributed by atoms with E-state index in [9.17, 15) is 9.90 Å². The van der Waals surface area contributed by atoms with Gasteiger partial charge in [0.05, 0.1) is 32.4 Å². The zero-order chi connectivity index (χ0) is 25.9. The second-order valence-corrected chi connectivity index (χ2v) is 9.09. The fourth-order valence-electron chi connectivity index (χ4n) is 4.86. The van der Waals surface area contributed by atoms with Gasteiger partial charge in [0.25, 0.3) is 5.91 Å². The van der Waals surface area contributed by atoms with Gasteiger partial charge < -0.3 is 29.6 Å². The standard InChI is InChI=1S/C30H30N2O5/c1-4-23-13-20-11-19(18-9-10-27(35-2)28(15-18)36-3)14-25(29(20)37-23)30(34)32-22(17-33)12-21-16-31-26-8-6-5-7-24(21)26/h4-11,14-16,22-23,31,33H,1,12-13,17H2,2-3H3,(H,32,34)/t22-,23?/m1/s1. The van der Waals surface area contributed by atoms with Gasteiger partial charge in [0, 0.05) is 23.5 Å².